The van der Waals surface area contributed by atoms with Crippen LogP contribution in [0, 0.1) is 29.2 Å². The molecule has 3 N–H and O–H groups in total. The molecule has 1 aromatic heterocycles. The summed E-state index contributed by atoms with van der Waals surface area (Å²) >= 11 is 0. The molecule has 0 radical (unpaired) electrons. The van der Waals surface area contributed by atoms with Crippen LogP contribution in [0.4, 0.5) is 35.0 Å². The number of aromatic nitrogens is 2. The summed E-state index contributed by atoms with van der Waals surface area (Å²) < 4.78 is 59.7. The number of carbonyl (C=O) groups excluding carboxylic acids is 1. The van der Waals surface area contributed by atoms with E-state index in [-0.39, 0.29) is 17.5 Å². The molecule has 0 atom stereocenters. The number of rotatable bonds is 6. The van der Waals surface area contributed by atoms with E-state index in [2.05, 4.69) is 20.8 Å². The van der Waals surface area contributed by atoms with Crippen molar-refractivity contribution < 1.29 is 36.7 Å². The third-order valence-corrected chi connectivity index (χ3v) is 5.66. The van der Waals surface area contributed by atoms with E-state index >= 15 is 0 Å². The van der Waals surface area contributed by atoms with E-state index < -0.39 is 52.7 Å². The molecule has 12 heteroatoms. The van der Waals surface area contributed by atoms with Crippen LogP contribution in [-0.2, 0) is 4.79 Å². The topological polar surface area (TPSA) is 117 Å². The van der Waals surface area contributed by atoms with Gasteiger partial charge in [-0.3, -0.25) is 9.59 Å². The van der Waals surface area contributed by atoms with Crippen molar-refractivity contribution in [3.8, 4) is 0 Å². The Morgan fingerprint density at radius 1 is 0.882 bits per heavy atom. The van der Waals surface area contributed by atoms with Gasteiger partial charge in [-0.25, -0.2) is 17.6 Å². The molecule has 2 aromatic carbocycles. The van der Waals surface area contributed by atoms with Crippen molar-refractivity contribution in [3.63, 3.8) is 0 Å². The molecule has 1 amide bonds. The first kappa shape index (κ1) is 23.2. The summed E-state index contributed by atoms with van der Waals surface area (Å²) in [4.78, 5) is 23.4. The van der Waals surface area contributed by atoms with Gasteiger partial charge in [-0.05, 0) is 49.3 Å². The van der Waals surface area contributed by atoms with E-state index in [4.69, 9.17) is 9.52 Å². The molecule has 4 rings (SSSR count). The van der Waals surface area contributed by atoms with Crippen molar-refractivity contribution in [2.24, 2.45) is 5.92 Å². The Kier molecular flexibility index (Phi) is 6.48. The van der Waals surface area contributed by atoms with Gasteiger partial charge in [0.25, 0.3) is 0 Å². The molecule has 0 saturated heterocycles. The van der Waals surface area contributed by atoms with E-state index in [1.807, 2.05) is 0 Å². The van der Waals surface area contributed by atoms with Gasteiger partial charge in [0.2, 0.25) is 0 Å². The maximum atomic E-state index is 14.6. The number of carbonyl (C=O) groups is 2. The molecule has 34 heavy (non-hydrogen) atoms. The lowest BCUT2D eigenvalue weighted by atomic mass is 9.79. The summed E-state index contributed by atoms with van der Waals surface area (Å²) in [5, 5.41) is 20.6. The molecule has 1 fully saturated rings. The lowest BCUT2D eigenvalue weighted by molar-refractivity contribution is -0.142. The number of hydrogen-bond acceptors (Lipinski definition) is 6. The first-order valence-corrected chi connectivity index (χ1v) is 10.3. The predicted octanol–water partition coefficient (Wildman–Crippen LogP) is 4.98. The number of benzene rings is 2. The van der Waals surface area contributed by atoms with E-state index in [0.29, 0.717) is 43.4 Å². The van der Waals surface area contributed by atoms with Crippen LogP contribution < -0.4 is 10.6 Å². The largest absolute Gasteiger partial charge is 0.481 e. The first-order valence-electron chi connectivity index (χ1n) is 10.3. The Morgan fingerprint density at radius 3 is 2.24 bits per heavy atom. The van der Waals surface area contributed by atoms with Gasteiger partial charge in [-0.15, -0.1) is 5.10 Å². The van der Waals surface area contributed by atoms with Gasteiger partial charge in [0.05, 0.1) is 17.3 Å². The third kappa shape index (κ3) is 5.00. The molecule has 1 heterocycles. The zero-order valence-electron chi connectivity index (χ0n) is 17.4. The van der Waals surface area contributed by atoms with Gasteiger partial charge in [-0.2, -0.15) is 0 Å². The fraction of sp³-hybridized carbons (Fsp3) is 0.273. The minimum atomic E-state index is -1.38. The normalized spacial score (nSPS) is 17.9. The van der Waals surface area contributed by atoms with Gasteiger partial charge in [0, 0.05) is 12.1 Å². The second kappa shape index (κ2) is 9.49. The highest BCUT2D eigenvalue weighted by Crippen LogP contribution is 2.36. The predicted molar refractivity (Wildman–Crippen MR) is 111 cm³/mol. The first-order chi connectivity index (χ1) is 16.2. The number of amides is 1. The Hall–Kier alpha value is -3.96. The van der Waals surface area contributed by atoms with Crippen molar-refractivity contribution in [1.82, 2.24) is 10.2 Å². The van der Waals surface area contributed by atoms with Crippen molar-refractivity contribution in [1.29, 1.82) is 0 Å². The van der Waals surface area contributed by atoms with Crippen LogP contribution in [0.25, 0.3) is 0 Å². The van der Waals surface area contributed by atoms with Crippen LogP contribution in [0.15, 0.2) is 34.7 Å². The number of nitrogens with one attached hydrogen (secondary N) is 2. The number of anilines is 3. The second-order valence-electron chi connectivity index (χ2n) is 7.86. The molecule has 0 spiro atoms. The van der Waals surface area contributed by atoms with Crippen molar-refractivity contribution in [2.45, 2.75) is 31.6 Å². The van der Waals surface area contributed by atoms with Gasteiger partial charge in [-0.1, -0.05) is 11.2 Å². The van der Waals surface area contributed by atoms with Gasteiger partial charge in [0.1, 0.15) is 11.6 Å². The Balaban J connectivity index is 1.40. The fourth-order valence-electron chi connectivity index (χ4n) is 3.84. The third-order valence-electron chi connectivity index (χ3n) is 5.66. The summed E-state index contributed by atoms with van der Waals surface area (Å²) in [5.41, 5.74) is 0.0676. The fourth-order valence-corrected chi connectivity index (χ4v) is 3.84. The molecule has 0 aliphatic heterocycles. The number of nitrogens with zero attached hydrogens (tertiary/aromatic N) is 2. The van der Waals surface area contributed by atoms with Crippen LogP contribution in [0.1, 0.15) is 47.8 Å². The lowest BCUT2D eigenvalue weighted by Crippen LogP contribution is -2.20. The number of aliphatic carboxylic acids is 1. The van der Waals surface area contributed by atoms with Crippen molar-refractivity contribution in [3.05, 3.63) is 65.1 Å². The van der Waals surface area contributed by atoms with Crippen LogP contribution >= 0.6 is 0 Å². The minimum absolute atomic E-state index is 0.0242. The average molecular weight is 478 g/mol. The number of carboxylic acid groups (broad SMARTS) is 1. The van der Waals surface area contributed by atoms with Crippen LogP contribution in [0.3, 0.4) is 0 Å². The molecule has 0 bridgehead atoms. The van der Waals surface area contributed by atoms with Crippen LogP contribution in [0.2, 0.25) is 0 Å². The van der Waals surface area contributed by atoms with Crippen LogP contribution in [0.5, 0.6) is 0 Å². The standard InChI is InChI=1S/C22H18F4N4O4/c23-13-8-16(26)18(9-14(13)24)28-22-30-29-20(34-22)19(31)27-17-6-5-12(7-15(17)25)10-1-3-11(4-2-10)21(32)33/h5-11H,1-4H2,(H,27,31)(H,28,30)(H,32,33)/t10-,11-. The van der Waals surface area contributed by atoms with Crippen molar-refractivity contribution >= 4 is 29.3 Å². The average Bonchev–Trinajstić information content (AvgIpc) is 3.27. The molecule has 1 aliphatic carbocycles. The monoisotopic (exact) mass is 478 g/mol. The van der Waals surface area contributed by atoms with E-state index in [9.17, 15) is 27.2 Å². The minimum Gasteiger partial charge on any atom is -0.481 e. The van der Waals surface area contributed by atoms with Gasteiger partial charge in [0.15, 0.2) is 11.6 Å². The summed E-state index contributed by atoms with van der Waals surface area (Å²) in [6.45, 7) is 0. The summed E-state index contributed by atoms with van der Waals surface area (Å²) in [6.07, 6.45) is 2.28. The molecular formula is C22H18F4N4O4. The second-order valence-corrected chi connectivity index (χ2v) is 7.86. The molecule has 1 aliphatic rings. The smallest absolute Gasteiger partial charge is 0.320 e. The summed E-state index contributed by atoms with van der Waals surface area (Å²) in [7, 11) is 0. The lowest BCUT2D eigenvalue weighted by Gasteiger charge is -2.26. The number of hydrogen-bond donors (Lipinski definition) is 3. The van der Waals surface area contributed by atoms with E-state index in [1.165, 1.54) is 12.1 Å². The highest BCUT2D eigenvalue weighted by Gasteiger charge is 2.27. The van der Waals surface area contributed by atoms with Crippen LogP contribution in [-0.4, -0.2) is 27.2 Å². The zero-order valence-corrected chi connectivity index (χ0v) is 17.4. The molecule has 3 aromatic rings. The quantitative estimate of drug-likeness (QED) is 0.338. The summed E-state index contributed by atoms with van der Waals surface area (Å²) in [6, 6.07) is 4.71. The number of carboxylic acids is 1. The molecule has 8 nitrogen and oxygen atoms in total. The molecule has 178 valence electrons. The van der Waals surface area contributed by atoms with E-state index in [1.54, 1.807) is 6.07 Å². The van der Waals surface area contributed by atoms with E-state index in [0.717, 1.165) is 0 Å². The maximum absolute atomic E-state index is 14.6. The zero-order chi connectivity index (χ0) is 24.4. The summed E-state index contributed by atoms with van der Waals surface area (Å²) in [5.74, 6) is -7.22. The maximum Gasteiger partial charge on any atom is 0.320 e. The van der Waals surface area contributed by atoms with Gasteiger partial charge < -0.3 is 20.2 Å². The Bertz CT molecular complexity index is 1240. The SMILES string of the molecule is O=C(Nc1ccc([C@H]2CC[C@H](C(=O)O)CC2)cc1F)c1nnc(Nc2cc(F)c(F)cc2F)o1. The molecular weight excluding hydrogens is 460 g/mol. The highest BCUT2D eigenvalue weighted by atomic mass is 19.2. The highest BCUT2D eigenvalue weighted by molar-refractivity contribution is 6.01. The Morgan fingerprint density at radius 2 is 1.56 bits per heavy atom. The van der Waals surface area contributed by atoms with Gasteiger partial charge >= 0.3 is 23.8 Å². The number of halogens is 4. The molecule has 0 unspecified atom stereocenters. The molecule has 1 saturated carbocycles. The van der Waals surface area contributed by atoms with Crippen molar-refractivity contribution in [2.75, 3.05) is 10.6 Å². The Labute approximate surface area is 190 Å².